The fourth-order valence-electron chi connectivity index (χ4n) is 2.77. The van der Waals surface area contributed by atoms with Crippen molar-refractivity contribution in [1.82, 2.24) is 0 Å². The molecule has 1 fully saturated rings. The van der Waals surface area contributed by atoms with Crippen molar-refractivity contribution in [3.63, 3.8) is 0 Å². The Morgan fingerprint density at radius 3 is 2.42 bits per heavy atom. The smallest absolute Gasteiger partial charge is 0.162 e. The minimum Gasteiger partial charge on any atom is -0.508 e. The molecular formula is C17H22O2. The van der Waals surface area contributed by atoms with Gasteiger partial charge in [0.15, 0.2) is 5.78 Å². The number of benzene rings is 1. The van der Waals surface area contributed by atoms with Crippen LogP contribution in [-0.4, -0.2) is 10.9 Å². The highest BCUT2D eigenvalue weighted by molar-refractivity contribution is 6.02. The summed E-state index contributed by atoms with van der Waals surface area (Å²) in [5.74, 6) is 1.46. The van der Waals surface area contributed by atoms with Crippen molar-refractivity contribution in [1.29, 1.82) is 0 Å². The zero-order valence-corrected chi connectivity index (χ0v) is 11.9. The molecule has 0 amide bonds. The number of phenolic OH excluding ortho intramolecular Hbond substituents is 1. The molecule has 2 nitrogen and oxygen atoms in total. The van der Waals surface area contributed by atoms with Gasteiger partial charge in [-0.3, -0.25) is 4.79 Å². The predicted molar refractivity (Wildman–Crippen MR) is 77.8 cm³/mol. The number of hydrogen-bond donors (Lipinski definition) is 1. The van der Waals surface area contributed by atoms with Crippen LogP contribution in [0.3, 0.4) is 0 Å². The SMILES string of the molecule is CC1CCC(C(C)C)C(=O)C1=Cc1ccc(O)cc1. The lowest BCUT2D eigenvalue weighted by molar-refractivity contribution is -0.122. The van der Waals surface area contributed by atoms with Gasteiger partial charge in [0.1, 0.15) is 5.75 Å². The van der Waals surface area contributed by atoms with E-state index in [0.717, 1.165) is 24.0 Å². The minimum atomic E-state index is 0.166. The zero-order valence-electron chi connectivity index (χ0n) is 11.9. The van der Waals surface area contributed by atoms with Crippen molar-refractivity contribution in [3.8, 4) is 5.75 Å². The van der Waals surface area contributed by atoms with E-state index in [0.29, 0.717) is 17.6 Å². The van der Waals surface area contributed by atoms with Crippen molar-refractivity contribution in [2.75, 3.05) is 0 Å². The van der Waals surface area contributed by atoms with Gasteiger partial charge in [0.25, 0.3) is 0 Å². The quantitative estimate of drug-likeness (QED) is 0.813. The number of allylic oxidation sites excluding steroid dienone is 1. The van der Waals surface area contributed by atoms with E-state index in [4.69, 9.17) is 0 Å². The third-order valence-corrected chi connectivity index (χ3v) is 4.08. The summed E-state index contributed by atoms with van der Waals surface area (Å²) in [5, 5.41) is 9.29. The molecule has 2 rings (SSSR count). The van der Waals surface area contributed by atoms with Gasteiger partial charge in [-0.15, -0.1) is 0 Å². The van der Waals surface area contributed by atoms with Crippen LogP contribution in [0.1, 0.15) is 39.2 Å². The number of carbonyl (C=O) groups is 1. The Kier molecular flexibility index (Phi) is 4.08. The summed E-state index contributed by atoms with van der Waals surface area (Å²) < 4.78 is 0. The standard InChI is InChI=1S/C17H22O2/c1-11(2)15-9-4-12(3)16(17(15)19)10-13-5-7-14(18)8-6-13/h5-8,10-12,15,18H,4,9H2,1-3H3. The number of aromatic hydroxyl groups is 1. The summed E-state index contributed by atoms with van der Waals surface area (Å²) in [6, 6.07) is 7.01. The van der Waals surface area contributed by atoms with E-state index in [9.17, 15) is 9.90 Å². The van der Waals surface area contributed by atoms with E-state index >= 15 is 0 Å². The predicted octanol–water partition coefficient (Wildman–Crippen LogP) is 4.05. The van der Waals surface area contributed by atoms with Gasteiger partial charge in [0.2, 0.25) is 0 Å². The topological polar surface area (TPSA) is 37.3 Å². The first-order valence-corrected chi connectivity index (χ1v) is 7.04. The molecule has 1 aromatic rings. The maximum Gasteiger partial charge on any atom is 0.162 e. The maximum absolute atomic E-state index is 12.5. The monoisotopic (exact) mass is 258 g/mol. The molecule has 1 saturated carbocycles. The largest absolute Gasteiger partial charge is 0.508 e. The van der Waals surface area contributed by atoms with Crippen LogP contribution in [0.2, 0.25) is 0 Å². The minimum absolute atomic E-state index is 0.166. The number of phenols is 1. The van der Waals surface area contributed by atoms with Crippen LogP contribution in [0.5, 0.6) is 5.75 Å². The zero-order chi connectivity index (χ0) is 14.0. The molecule has 0 saturated heterocycles. The van der Waals surface area contributed by atoms with Gasteiger partial charge < -0.3 is 5.11 Å². The average molecular weight is 258 g/mol. The molecule has 2 heteroatoms. The summed E-state index contributed by atoms with van der Waals surface area (Å²) in [6.45, 7) is 6.37. The van der Waals surface area contributed by atoms with Crippen molar-refractivity contribution >= 4 is 11.9 Å². The molecule has 2 unspecified atom stereocenters. The molecule has 1 aromatic carbocycles. The number of Topliss-reactive ketones (excluding diaryl/α,β-unsaturated/α-hetero) is 1. The fraction of sp³-hybridized carbons (Fsp3) is 0.471. The lowest BCUT2D eigenvalue weighted by Gasteiger charge is -2.30. The molecular weight excluding hydrogens is 236 g/mol. The number of rotatable bonds is 2. The molecule has 102 valence electrons. The first-order valence-electron chi connectivity index (χ1n) is 7.04. The molecule has 1 aliphatic carbocycles. The third kappa shape index (κ3) is 3.06. The molecule has 1 aliphatic rings. The molecule has 0 spiro atoms. The van der Waals surface area contributed by atoms with Gasteiger partial charge >= 0.3 is 0 Å². The second-order valence-electron chi connectivity index (χ2n) is 5.88. The third-order valence-electron chi connectivity index (χ3n) is 4.08. The number of carbonyl (C=O) groups excluding carboxylic acids is 1. The van der Waals surface area contributed by atoms with E-state index in [-0.39, 0.29) is 11.7 Å². The average Bonchev–Trinajstić information content (AvgIpc) is 2.36. The van der Waals surface area contributed by atoms with Crippen molar-refractivity contribution in [2.45, 2.75) is 33.6 Å². The molecule has 0 aliphatic heterocycles. The Bertz CT molecular complexity index is 482. The van der Waals surface area contributed by atoms with Gasteiger partial charge in [-0.05, 0) is 54.0 Å². The lowest BCUT2D eigenvalue weighted by atomic mass is 9.73. The second kappa shape index (κ2) is 5.60. The van der Waals surface area contributed by atoms with Crippen LogP contribution in [-0.2, 0) is 4.79 Å². The first-order chi connectivity index (χ1) is 8.99. The van der Waals surface area contributed by atoms with Gasteiger partial charge in [-0.2, -0.15) is 0 Å². The Morgan fingerprint density at radius 2 is 1.84 bits per heavy atom. The Labute approximate surface area is 115 Å². The normalized spacial score (nSPS) is 26.1. The Balaban J connectivity index is 2.29. The molecule has 0 bridgehead atoms. The maximum atomic E-state index is 12.5. The van der Waals surface area contributed by atoms with E-state index in [2.05, 4.69) is 20.8 Å². The second-order valence-corrected chi connectivity index (χ2v) is 5.88. The molecule has 0 radical (unpaired) electrons. The van der Waals surface area contributed by atoms with Gasteiger partial charge in [-0.1, -0.05) is 32.9 Å². The molecule has 1 N–H and O–H groups in total. The van der Waals surface area contributed by atoms with E-state index in [1.165, 1.54) is 0 Å². The van der Waals surface area contributed by atoms with Gasteiger partial charge in [-0.25, -0.2) is 0 Å². The molecule has 19 heavy (non-hydrogen) atoms. The highest BCUT2D eigenvalue weighted by Gasteiger charge is 2.32. The van der Waals surface area contributed by atoms with Crippen LogP contribution in [0, 0.1) is 17.8 Å². The van der Waals surface area contributed by atoms with Crippen LogP contribution < -0.4 is 0 Å². The van der Waals surface area contributed by atoms with Crippen LogP contribution in [0.25, 0.3) is 6.08 Å². The van der Waals surface area contributed by atoms with Crippen LogP contribution in [0.15, 0.2) is 29.8 Å². The fourth-order valence-corrected chi connectivity index (χ4v) is 2.77. The van der Waals surface area contributed by atoms with Gasteiger partial charge in [0, 0.05) is 5.92 Å². The summed E-state index contributed by atoms with van der Waals surface area (Å²) in [5.41, 5.74) is 1.92. The summed E-state index contributed by atoms with van der Waals surface area (Å²) >= 11 is 0. The lowest BCUT2D eigenvalue weighted by Crippen LogP contribution is -2.30. The first kappa shape index (κ1) is 13.9. The van der Waals surface area contributed by atoms with Crippen molar-refractivity contribution in [3.05, 3.63) is 35.4 Å². The highest BCUT2D eigenvalue weighted by atomic mass is 16.3. The van der Waals surface area contributed by atoms with Crippen molar-refractivity contribution in [2.24, 2.45) is 17.8 Å². The van der Waals surface area contributed by atoms with Gasteiger partial charge in [0.05, 0.1) is 0 Å². The molecule has 0 aromatic heterocycles. The molecule has 0 heterocycles. The molecule has 2 atom stereocenters. The summed E-state index contributed by atoms with van der Waals surface area (Å²) in [6.07, 6.45) is 4.07. The van der Waals surface area contributed by atoms with E-state index < -0.39 is 0 Å². The number of ketones is 1. The van der Waals surface area contributed by atoms with Crippen LogP contribution in [0.4, 0.5) is 0 Å². The summed E-state index contributed by atoms with van der Waals surface area (Å²) in [4.78, 5) is 12.5. The number of hydrogen-bond acceptors (Lipinski definition) is 2. The van der Waals surface area contributed by atoms with E-state index in [1.54, 1.807) is 12.1 Å². The summed E-state index contributed by atoms with van der Waals surface area (Å²) in [7, 11) is 0. The highest BCUT2D eigenvalue weighted by Crippen LogP contribution is 2.35. The van der Waals surface area contributed by atoms with Crippen LogP contribution >= 0.6 is 0 Å². The Hall–Kier alpha value is -1.57. The van der Waals surface area contributed by atoms with Crippen molar-refractivity contribution < 1.29 is 9.90 Å². The van der Waals surface area contributed by atoms with E-state index in [1.807, 2.05) is 18.2 Å². The Morgan fingerprint density at radius 1 is 1.21 bits per heavy atom.